The van der Waals surface area contributed by atoms with E-state index in [9.17, 15) is 21.6 Å². The van der Waals surface area contributed by atoms with Crippen LogP contribution in [0.25, 0.3) is 0 Å². The SMILES string of the molecule is N#Cc1c(F)cc(S(=O)(=O)Cl)nc1C(F)F. The van der Waals surface area contributed by atoms with Crippen molar-refractivity contribution < 1.29 is 21.6 Å². The number of nitrogens with zero attached hydrogens (tertiary/aromatic N) is 2. The predicted molar refractivity (Wildman–Crippen MR) is 46.9 cm³/mol. The molecule has 0 aromatic carbocycles. The fraction of sp³-hybridized carbons (Fsp3) is 0.143. The van der Waals surface area contributed by atoms with Gasteiger partial charge in [0.15, 0.2) is 5.03 Å². The normalized spacial score (nSPS) is 11.5. The van der Waals surface area contributed by atoms with Crippen LogP contribution in [0.15, 0.2) is 11.1 Å². The Bertz CT molecular complexity index is 568. The maximum atomic E-state index is 13.1. The van der Waals surface area contributed by atoms with E-state index in [1.54, 1.807) is 0 Å². The van der Waals surface area contributed by atoms with Gasteiger partial charge in [0.25, 0.3) is 15.5 Å². The number of hydrogen-bond acceptors (Lipinski definition) is 4. The second kappa shape index (κ2) is 4.27. The van der Waals surface area contributed by atoms with E-state index in [4.69, 9.17) is 15.9 Å². The molecular formula is C7H2ClF3N2O2S. The summed E-state index contributed by atoms with van der Waals surface area (Å²) in [7, 11) is 0.390. The molecule has 0 N–H and O–H groups in total. The quantitative estimate of drug-likeness (QED) is 0.770. The second-order valence-corrected chi connectivity index (χ2v) is 5.07. The molecule has 1 rings (SSSR count). The van der Waals surface area contributed by atoms with E-state index in [-0.39, 0.29) is 0 Å². The molecule has 0 atom stereocenters. The first-order valence-corrected chi connectivity index (χ1v) is 5.91. The molecule has 0 spiro atoms. The lowest BCUT2D eigenvalue weighted by molar-refractivity contribution is 0.144. The Morgan fingerprint density at radius 1 is 1.50 bits per heavy atom. The van der Waals surface area contributed by atoms with Gasteiger partial charge in [0.05, 0.1) is 0 Å². The van der Waals surface area contributed by atoms with Crippen molar-refractivity contribution in [2.45, 2.75) is 11.5 Å². The Morgan fingerprint density at radius 3 is 2.44 bits per heavy atom. The smallest absolute Gasteiger partial charge is 0.232 e. The predicted octanol–water partition coefficient (Wildman–Crippen LogP) is 1.96. The van der Waals surface area contributed by atoms with E-state index in [0.717, 1.165) is 0 Å². The monoisotopic (exact) mass is 270 g/mol. The number of rotatable bonds is 2. The highest BCUT2D eigenvalue weighted by Crippen LogP contribution is 2.25. The van der Waals surface area contributed by atoms with Crippen LogP contribution in [0.2, 0.25) is 0 Å². The van der Waals surface area contributed by atoms with Gasteiger partial charge in [-0.2, -0.15) is 5.26 Å². The van der Waals surface area contributed by atoms with Crippen molar-refractivity contribution in [3.63, 3.8) is 0 Å². The number of alkyl halides is 2. The first-order valence-electron chi connectivity index (χ1n) is 3.60. The molecule has 0 aliphatic carbocycles. The fourth-order valence-corrected chi connectivity index (χ4v) is 1.59. The number of aromatic nitrogens is 1. The van der Waals surface area contributed by atoms with E-state index < -0.39 is 37.6 Å². The van der Waals surface area contributed by atoms with Crippen molar-refractivity contribution in [3.8, 4) is 6.07 Å². The highest BCUT2D eigenvalue weighted by Gasteiger charge is 2.24. The minimum atomic E-state index is -4.43. The van der Waals surface area contributed by atoms with Crippen molar-refractivity contribution in [2.75, 3.05) is 0 Å². The van der Waals surface area contributed by atoms with E-state index in [2.05, 4.69) is 4.98 Å². The van der Waals surface area contributed by atoms with Gasteiger partial charge in [-0.05, 0) is 0 Å². The van der Waals surface area contributed by atoms with Crippen molar-refractivity contribution >= 4 is 19.7 Å². The van der Waals surface area contributed by atoms with Gasteiger partial charge in [0.1, 0.15) is 23.1 Å². The number of pyridine rings is 1. The van der Waals surface area contributed by atoms with Crippen LogP contribution in [0.1, 0.15) is 17.7 Å². The molecule has 4 nitrogen and oxygen atoms in total. The molecule has 1 aromatic rings. The largest absolute Gasteiger partial charge is 0.281 e. The molecule has 0 saturated carbocycles. The molecule has 86 valence electrons. The van der Waals surface area contributed by atoms with Crippen LogP contribution in [0.3, 0.4) is 0 Å². The highest BCUT2D eigenvalue weighted by atomic mass is 35.7. The topological polar surface area (TPSA) is 70.8 Å². The summed E-state index contributed by atoms with van der Waals surface area (Å²) >= 11 is 0. The average Bonchev–Trinajstić information content (AvgIpc) is 2.14. The van der Waals surface area contributed by atoms with Crippen LogP contribution < -0.4 is 0 Å². The Labute approximate surface area is 92.7 Å². The van der Waals surface area contributed by atoms with E-state index in [0.29, 0.717) is 6.07 Å². The molecule has 0 unspecified atom stereocenters. The lowest BCUT2D eigenvalue weighted by Crippen LogP contribution is -2.05. The summed E-state index contributed by atoms with van der Waals surface area (Å²) in [6.07, 6.45) is -3.28. The molecular weight excluding hydrogens is 269 g/mol. The number of nitriles is 1. The van der Waals surface area contributed by atoms with Crippen LogP contribution in [0, 0.1) is 17.1 Å². The van der Waals surface area contributed by atoms with Crippen LogP contribution in [0.5, 0.6) is 0 Å². The van der Waals surface area contributed by atoms with Crippen LogP contribution in [0.4, 0.5) is 13.2 Å². The zero-order valence-electron chi connectivity index (χ0n) is 7.29. The summed E-state index contributed by atoms with van der Waals surface area (Å²) in [5.41, 5.74) is -2.25. The van der Waals surface area contributed by atoms with Gasteiger partial charge in [0.2, 0.25) is 0 Å². The van der Waals surface area contributed by atoms with Crippen molar-refractivity contribution in [3.05, 3.63) is 23.1 Å². The summed E-state index contributed by atoms with van der Waals surface area (Å²) in [4.78, 5) is 2.94. The minimum absolute atomic E-state index is 0.312. The highest BCUT2D eigenvalue weighted by molar-refractivity contribution is 8.13. The number of halogens is 4. The van der Waals surface area contributed by atoms with Gasteiger partial charge in [-0.3, -0.25) is 0 Å². The zero-order valence-corrected chi connectivity index (χ0v) is 8.86. The Hall–Kier alpha value is -1.33. The zero-order chi connectivity index (χ0) is 12.5. The van der Waals surface area contributed by atoms with Gasteiger partial charge >= 0.3 is 0 Å². The maximum absolute atomic E-state index is 13.1. The first-order chi connectivity index (χ1) is 7.27. The summed E-state index contributed by atoms with van der Waals surface area (Å²) < 4.78 is 59.3. The summed E-state index contributed by atoms with van der Waals surface area (Å²) in [6, 6.07) is 1.48. The third-order valence-corrected chi connectivity index (χ3v) is 2.73. The van der Waals surface area contributed by atoms with Crippen LogP contribution in [-0.4, -0.2) is 13.4 Å². The molecule has 0 aliphatic rings. The molecule has 0 bridgehead atoms. The molecule has 16 heavy (non-hydrogen) atoms. The van der Waals surface area contributed by atoms with Gasteiger partial charge in [-0.25, -0.2) is 26.6 Å². The van der Waals surface area contributed by atoms with Crippen molar-refractivity contribution in [1.82, 2.24) is 4.98 Å². The lowest BCUT2D eigenvalue weighted by Gasteiger charge is -2.04. The molecule has 0 fully saturated rings. The minimum Gasteiger partial charge on any atom is -0.232 e. The fourth-order valence-electron chi connectivity index (χ4n) is 0.903. The third-order valence-electron chi connectivity index (χ3n) is 1.54. The third kappa shape index (κ3) is 2.43. The van der Waals surface area contributed by atoms with E-state index in [1.165, 1.54) is 6.07 Å². The summed E-state index contributed by atoms with van der Waals surface area (Å²) in [5, 5.41) is 7.34. The Balaban J connectivity index is 3.61. The molecule has 0 aliphatic heterocycles. The van der Waals surface area contributed by atoms with Gasteiger partial charge in [-0.15, -0.1) is 0 Å². The molecule has 1 heterocycles. The molecule has 0 radical (unpaired) electrons. The van der Waals surface area contributed by atoms with Crippen molar-refractivity contribution in [2.24, 2.45) is 0 Å². The van der Waals surface area contributed by atoms with Gasteiger partial charge in [0, 0.05) is 16.7 Å². The molecule has 0 amide bonds. The van der Waals surface area contributed by atoms with Crippen LogP contribution in [-0.2, 0) is 9.05 Å². The van der Waals surface area contributed by atoms with Gasteiger partial charge < -0.3 is 0 Å². The summed E-state index contributed by atoms with van der Waals surface area (Å²) in [6.45, 7) is 0. The van der Waals surface area contributed by atoms with E-state index in [1.807, 2.05) is 0 Å². The Kier molecular flexibility index (Phi) is 3.40. The molecule has 9 heteroatoms. The van der Waals surface area contributed by atoms with E-state index >= 15 is 0 Å². The average molecular weight is 271 g/mol. The van der Waals surface area contributed by atoms with Crippen molar-refractivity contribution in [1.29, 1.82) is 5.26 Å². The Morgan fingerprint density at radius 2 is 2.06 bits per heavy atom. The maximum Gasteiger partial charge on any atom is 0.281 e. The summed E-state index contributed by atoms with van der Waals surface area (Å²) in [5.74, 6) is -1.41. The molecule has 1 aromatic heterocycles. The number of hydrogen-bond donors (Lipinski definition) is 0. The first kappa shape index (κ1) is 12.7. The van der Waals surface area contributed by atoms with Gasteiger partial charge in [-0.1, -0.05) is 0 Å². The lowest BCUT2D eigenvalue weighted by atomic mass is 10.2. The molecule has 0 saturated heterocycles. The van der Waals surface area contributed by atoms with Crippen LogP contribution >= 0.6 is 10.7 Å². The standard InChI is InChI=1S/C7H2ClF3N2O2S/c8-16(14,15)5-1-4(9)3(2-12)6(13-5)7(10)11/h1,7H. The second-order valence-electron chi connectivity index (χ2n) is 2.55.